The van der Waals surface area contributed by atoms with E-state index in [4.69, 9.17) is 9.47 Å². The minimum absolute atomic E-state index is 0.206. The first-order chi connectivity index (χ1) is 7.19. The minimum atomic E-state index is -0.429. The second-order valence-corrected chi connectivity index (χ2v) is 3.80. The molecule has 0 aliphatic heterocycles. The number of ether oxygens (including phenoxy) is 2. The van der Waals surface area contributed by atoms with Crippen molar-refractivity contribution in [1.29, 1.82) is 0 Å². The summed E-state index contributed by atoms with van der Waals surface area (Å²) < 4.78 is 11.7. The molecule has 0 aromatic heterocycles. The van der Waals surface area contributed by atoms with Gasteiger partial charge < -0.3 is 14.6 Å². The Morgan fingerprint density at radius 2 is 1.87 bits per heavy atom. The van der Waals surface area contributed by atoms with E-state index in [1.165, 1.54) is 0 Å². The molecule has 1 rings (SSSR count). The van der Waals surface area contributed by atoms with Gasteiger partial charge in [-0.3, -0.25) is 0 Å². The molecule has 0 saturated heterocycles. The van der Waals surface area contributed by atoms with E-state index in [0.717, 1.165) is 10.0 Å². The number of hydrogen-bond donors (Lipinski definition) is 1. The summed E-state index contributed by atoms with van der Waals surface area (Å²) in [5, 5.41) is 9.39. The molecule has 4 heteroatoms. The summed E-state index contributed by atoms with van der Waals surface area (Å²) in [4.78, 5) is 0. The fourth-order valence-electron chi connectivity index (χ4n) is 1.24. The zero-order valence-corrected chi connectivity index (χ0v) is 10.5. The minimum Gasteiger partial charge on any atom is -0.508 e. The summed E-state index contributed by atoms with van der Waals surface area (Å²) >= 11 is 3.40. The Balaban J connectivity index is 2.93. The third-order valence-corrected chi connectivity index (χ3v) is 2.59. The first kappa shape index (κ1) is 12.5. The van der Waals surface area contributed by atoms with Gasteiger partial charge in [-0.1, -0.05) is 15.9 Å². The van der Waals surface area contributed by atoms with Gasteiger partial charge in [0.2, 0.25) is 0 Å². The van der Waals surface area contributed by atoms with E-state index < -0.39 is 6.29 Å². The number of rotatable bonds is 5. The Labute approximate surface area is 98.1 Å². The Hall–Kier alpha value is -0.580. The molecule has 0 unspecified atom stereocenters. The van der Waals surface area contributed by atoms with E-state index >= 15 is 0 Å². The molecule has 0 heterocycles. The fourth-order valence-corrected chi connectivity index (χ4v) is 1.68. The van der Waals surface area contributed by atoms with Gasteiger partial charge in [-0.2, -0.15) is 0 Å². The normalized spacial score (nSPS) is 10.9. The zero-order valence-electron chi connectivity index (χ0n) is 8.87. The first-order valence-electron chi connectivity index (χ1n) is 4.90. The van der Waals surface area contributed by atoms with Gasteiger partial charge in [0.1, 0.15) is 5.75 Å². The van der Waals surface area contributed by atoms with Crippen LogP contribution in [0, 0.1) is 0 Å². The summed E-state index contributed by atoms with van der Waals surface area (Å²) in [6.45, 7) is 4.94. The van der Waals surface area contributed by atoms with Crippen molar-refractivity contribution in [1.82, 2.24) is 0 Å². The lowest BCUT2D eigenvalue weighted by atomic mass is 10.2. The van der Waals surface area contributed by atoms with E-state index in [2.05, 4.69) is 15.9 Å². The van der Waals surface area contributed by atoms with Crippen LogP contribution in [0.15, 0.2) is 22.7 Å². The van der Waals surface area contributed by atoms with Gasteiger partial charge in [-0.15, -0.1) is 0 Å². The molecule has 0 spiro atoms. The predicted octanol–water partition coefficient (Wildman–Crippen LogP) is 3.23. The standard InChI is InChI=1S/C11H15BrO3/c1-3-14-11(15-4-2)9-7-8(13)5-6-10(9)12/h5-7,11,13H,3-4H2,1-2H3. The van der Waals surface area contributed by atoms with Gasteiger partial charge in [0.05, 0.1) is 0 Å². The van der Waals surface area contributed by atoms with Gasteiger partial charge in [0, 0.05) is 23.2 Å². The molecule has 3 nitrogen and oxygen atoms in total. The summed E-state index contributed by atoms with van der Waals surface area (Å²) in [5.74, 6) is 0.206. The summed E-state index contributed by atoms with van der Waals surface area (Å²) in [6.07, 6.45) is -0.429. The van der Waals surface area contributed by atoms with E-state index in [9.17, 15) is 5.11 Å². The average molecular weight is 275 g/mol. The van der Waals surface area contributed by atoms with Gasteiger partial charge in [0.25, 0.3) is 0 Å². The Morgan fingerprint density at radius 3 is 2.40 bits per heavy atom. The summed E-state index contributed by atoms with van der Waals surface area (Å²) in [6, 6.07) is 5.03. The third kappa shape index (κ3) is 3.48. The number of phenolic OH excluding ortho intramolecular Hbond substituents is 1. The van der Waals surface area contributed by atoms with E-state index in [1.54, 1.807) is 18.2 Å². The SMILES string of the molecule is CCOC(OCC)c1cc(O)ccc1Br. The molecule has 0 aliphatic carbocycles. The van der Waals surface area contributed by atoms with Gasteiger partial charge in [-0.25, -0.2) is 0 Å². The Bertz CT molecular complexity index is 309. The van der Waals surface area contributed by atoms with Crippen LogP contribution < -0.4 is 0 Å². The van der Waals surface area contributed by atoms with Crippen LogP contribution in [0.2, 0.25) is 0 Å². The monoisotopic (exact) mass is 274 g/mol. The van der Waals surface area contributed by atoms with E-state index in [1.807, 2.05) is 13.8 Å². The van der Waals surface area contributed by atoms with Crippen molar-refractivity contribution in [3.63, 3.8) is 0 Å². The van der Waals surface area contributed by atoms with Crippen molar-refractivity contribution in [3.05, 3.63) is 28.2 Å². The maximum Gasteiger partial charge on any atom is 0.184 e. The quantitative estimate of drug-likeness (QED) is 0.838. The molecule has 0 fully saturated rings. The molecule has 0 saturated carbocycles. The van der Waals surface area contributed by atoms with Crippen molar-refractivity contribution in [2.45, 2.75) is 20.1 Å². The highest BCUT2D eigenvalue weighted by Crippen LogP contribution is 2.30. The highest BCUT2D eigenvalue weighted by Gasteiger charge is 2.15. The summed E-state index contributed by atoms with van der Waals surface area (Å²) in [5.41, 5.74) is 0.804. The van der Waals surface area contributed by atoms with Crippen LogP contribution in [0.3, 0.4) is 0 Å². The van der Waals surface area contributed by atoms with Crippen LogP contribution in [0.25, 0.3) is 0 Å². The van der Waals surface area contributed by atoms with Crippen molar-refractivity contribution < 1.29 is 14.6 Å². The molecule has 0 atom stereocenters. The first-order valence-corrected chi connectivity index (χ1v) is 5.70. The van der Waals surface area contributed by atoms with Crippen LogP contribution >= 0.6 is 15.9 Å². The summed E-state index contributed by atoms with van der Waals surface area (Å²) in [7, 11) is 0. The van der Waals surface area contributed by atoms with Crippen LogP contribution in [-0.2, 0) is 9.47 Å². The number of halogens is 1. The topological polar surface area (TPSA) is 38.7 Å². The van der Waals surface area contributed by atoms with E-state index in [-0.39, 0.29) is 5.75 Å². The molecule has 1 N–H and O–H groups in total. The van der Waals surface area contributed by atoms with Gasteiger partial charge >= 0.3 is 0 Å². The number of benzene rings is 1. The highest BCUT2D eigenvalue weighted by atomic mass is 79.9. The lowest BCUT2D eigenvalue weighted by molar-refractivity contribution is -0.140. The fraction of sp³-hybridized carbons (Fsp3) is 0.455. The van der Waals surface area contributed by atoms with Crippen molar-refractivity contribution in [2.75, 3.05) is 13.2 Å². The van der Waals surface area contributed by atoms with Gasteiger partial charge in [-0.05, 0) is 32.0 Å². The van der Waals surface area contributed by atoms with E-state index in [0.29, 0.717) is 13.2 Å². The smallest absolute Gasteiger partial charge is 0.184 e. The molecule has 0 bridgehead atoms. The van der Waals surface area contributed by atoms with Crippen LogP contribution in [0.4, 0.5) is 0 Å². The maximum atomic E-state index is 9.39. The van der Waals surface area contributed by atoms with Crippen molar-refractivity contribution in [3.8, 4) is 5.75 Å². The van der Waals surface area contributed by atoms with Crippen LogP contribution in [0.1, 0.15) is 25.7 Å². The Morgan fingerprint density at radius 1 is 1.27 bits per heavy atom. The van der Waals surface area contributed by atoms with Crippen molar-refractivity contribution in [2.24, 2.45) is 0 Å². The molecule has 84 valence electrons. The molecular formula is C11H15BrO3. The molecule has 0 aliphatic rings. The van der Waals surface area contributed by atoms with Crippen LogP contribution in [0.5, 0.6) is 5.75 Å². The lowest BCUT2D eigenvalue weighted by Crippen LogP contribution is -2.09. The number of hydrogen-bond acceptors (Lipinski definition) is 3. The molecular weight excluding hydrogens is 260 g/mol. The number of aromatic hydroxyl groups is 1. The average Bonchev–Trinajstić information content (AvgIpc) is 2.21. The maximum absolute atomic E-state index is 9.39. The zero-order chi connectivity index (χ0) is 11.3. The largest absolute Gasteiger partial charge is 0.508 e. The molecule has 1 aromatic carbocycles. The second-order valence-electron chi connectivity index (χ2n) is 2.95. The van der Waals surface area contributed by atoms with Gasteiger partial charge in [0.15, 0.2) is 6.29 Å². The highest BCUT2D eigenvalue weighted by molar-refractivity contribution is 9.10. The van der Waals surface area contributed by atoms with Crippen molar-refractivity contribution >= 4 is 15.9 Å². The third-order valence-electron chi connectivity index (χ3n) is 1.87. The van der Waals surface area contributed by atoms with Crippen LogP contribution in [-0.4, -0.2) is 18.3 Å². The molecule has 15 heavy (non-hydrogen) atoms. The second kappa shape index (κ2) is 6.10. The molecule has 0 radical (unpaired) electrons. The predicted molar refractivity (Wildman–Crippen MR) is 61.8 cm³/mol. The lowest BCUT2D eigenvalue weighted by Gasteiger charge is -2.18. The number of phenols is 1. The molecule has 0 amide bonds. The Kier molecular flexibility index (Phi) is 5.08. The molecule has 1 aromatic rings.